The average Bonchev–Trinajstić information content (AvgIpc) is 2.92. The molecule has 106 valence electrons. The molecule has 1 aromatic carbocycles. The molecule has 1 heterocycles. The molecular weight excluding hydrogens is 260 g/mol. The van der Waals surface area contributed by atoms with E-state index in [4.69, 9.17) is 4.74 Å². The summed E-state index contributed by atoms with van der Waals surface area (Å²) in [6.45, 7) is 3.35. The first-order valence-corrected chi connectivity index (χ1v) is 6.22. The van der Waals surface area contributed by atoms with Crippen LogP contribution in [-0.2, 0) is 13.1 Å². The van der Waals surface area contributed by atoms with Crippen molar-refractivity contribution in [1.82, 2.24) is 9.78 Å². The summed E-state index contributed by atoms with van der Waals surface area (Å²) in [7, 11) is 1.41. The van der Waals surface area contributed by atoms with Crippen LogP contribution in [0.1, 0.15) is 12.6 Å². The Hall–Kier alpha value is -2.57. The van der Waals surface area contributed by atoms with Gasteiger partial charge in [-0.15, -0.1) is 0 Å². The number of rotatable bonds is 6. The number of nitrogens with zero attached hydrogens (tertiary/aromatic N) is 3. The van der Waals surface area contributed by atoms with Crippen LogP contribution >= 0.6 is 0 Å². The first-order valence-electron chi connectivity index (χ1n) is 6.22. The third-order valence-corrected chi connectivity index (χ3v) is 2.95. The van der Waals surface area contributed by atoms with Gasteiger partial charge in [-0.25, -0.2) is 0 Å². The van der Waals surface area contributed by atoms with Gasteiger partial charge in [-0.3, -0.25) is 14.8 Å². The highest BCUT2D eigenvalue weighted by Gasteiger charge is 2.15. The summed E-state index contributed by atoms with van der Waals surface area (Å²) in [5.74, 6) is 0.249. The maximum atomic E-state index is 10.9. The van der Waals surface area contributed by atoms with Gasteiger partial charge in [-0.1, -0.05) is 0 Å². The van der Waals surface area contributed by atoms with Crippen LogP contribution in [0.5, 0.6) is 5.75 Å². The molecule has 0 radical (unpaired) electrons. The van der Waals surface area contributed by atoms with E-state index >= 15 is 0 Å². The van der Waals surface area contributed by atoms with Gasteiger partial charge in [0.25, 0.3) is 0 Å². The van der Waals surface area contributed by atoms with Crippen molar-refractivity contribution in [3.63, 3.8) is 0 Å². The van der Waals surface area contributed by atoms with Crippen molar-refractivity contribution < 1.29 is 9.66 Å². The summed E-state index contributed by atoms with van der Waals surface area (Å²) >= 11 is 0. The summed E-state index contributed by atoms with van der Waals surface area (Å²) in [6, 6.07) is 6.70. The van der Waals surface area contributed by atoms with Crippen LogP contribution in [-0.4, -0.2) is 21.8 Å². The number of nitro groups is 1. The fourth-order valence-corrected chi connectivity index (χ4v) is 1.93. The van der Waals surface area contributed by atoms with Crippen molar-refractivity contribution in [2.24, 2.45) is 0 Å². The second kappa shape index (κ2) is 6.05. The Kier molecular flexibility index (Phi) is 4.19. The Labute approximate surface area is 116 Å². The van der Waals surface area contributed by atoms with Gasteiger partial charge in [-0.2, -0.15) is 5.10 Å². The molecule has 0 aliphatic rings. The fourth-order valence-electron chi connectivity index (χ4n) is 1.93. The van der Waals surface area contributed by atoms with E-state index < -0.39 is 4.92 Å². The molecule has 0 atom stereocenters. The number of aromatic nitrogens is 2. The monoisotopic (exact) mass is 276 g/mol. The summed E-state index contributed by atoms with van der Waals surface area (Å²) in [4.78, 5) is 10.5. The molecule has 0 fully saturated rings. The SMILES string of the molecule is CCn1nccc1CNc1ccc(OC)c([N+](=O)[O-])c1. The maximum absolute atomic E-state index is 10.9. The minimum absolute atomic E-state index is 0.0542. The Balaban J connectivity index is 2.14. The molecule has 20 heavy (non-hydrogen) atoms. The van der Waals surface area contributed by atoms with Crippen LogP contribution in [0.4, 0.5) is 11.4 Å². The average molecular weight is 276 g/mol. The highest BCUT2D eigenvalue weighted by molar-refractivity contribution is 5.58. The lowest BCUT2D eigenvalue weighted by Gasteiger charge is -2.09. The number of ether oxygens (including phenoxy) is 1. The lowest BCUT2D eigenvalue weighted by Crippen LogP contribution is -2.08. The van der Waals surface area contributed by atoms with Crippen molar-refractivity contribution in [2.75, 3.05) is 12.4 Å². The highest BCUT2D eigenvalue weighted by Crippen LogP contribution is 2.29. The van der Waals surface area contributed by atoms with E-state index in [0.29, 0.717) is 12.2 Å². The Morgan fingerprint density at radius 2 is 2.25 bits per heavy atom. The summed E-state index contributed by atoms with van der Waals surface area (Å²) in [5.41, 5.74) is 1.63. The molecule has 0 saturated heterocycles. The van der Waals surface area contributed by atoms with E-state index in [2.05, 4.69) is 10.4 Å². The Bertz CT molecular complexity index is 609. The van der Waals surface area contributed by atoms with Crippen molar-refractivity contribution in [3.8, 4) is 5.75 Å². The maximum Gasteiger partial charge on any atom is 0.312 e. The first-order chi connectivity index (χ1) is 9.65. The predicted molar refractivity (Wildman–Crippen MR) is 74.9 cm³/mol. The molecule has 2 aromatic rings. The van der Waals surface area contributed by atoms with Gasteiger partial charge in [-0.05, 0) is 25.1 Å². The van der Waals surface area contributed by atoms with Crippen LogP contribution in [0.2, 0.25) is 0 Å². The summed E-state index contributed by atoms with van der Waals surface area (Å²) in [5, 5.41) is 18.3. The van der Waals surface area contributed by atoms with Gasteiger partial charge in [0.1, 0.15) is 0 Å². The van der Waals surface area contributed by atoms with Crippen molar-refractivity contribution in [2.45, 2.75) is 20.0 Å². The number of nitrogens with one attached hydrogen (secondary N) is 1. The second-order valence-electron chi connectivity index (χ2n) is 4.14. The van der Waals surface area contributed by atoms with Crippen molar-refractivity contribution in [1.29, 1.82) is 0 Å². The van der Waals surface area contributed by atoms with Gasteiger partial charge in [0.2, 0.25) is 0 Å². The van der Waals surface area contributed by atoms with Crippen LogP contribution in [0, 0.1) is 10.1 Å². The van der Waals surface area contributed by atoms with E-state index in [1.54, 1.807) is 18.3 Å². The van der Waals surface area contributed by atoms with E-state index in [-0.39, 0.29) is 11.4 Å². The lowest BCUT2D eigenvalue weighted by atomic mass is 10.2. The molecule has 0 saturated carbocycles. The smallest absolute Gasteiger partial charge is 0.312 e. The first kappa shape index (κ1) is 13.9. The zero-order chi connectivity index (χ0) is 14.5. The zero-order valence-corrected chi connectivity index (χ0v) is 11.4. The second-order valence-corrected chi connectivity index (χ2v) is 4.14. The normalized spacial score (nSPS) is 10.3. The quantitative estimate of drug-likeness (QED) is 0.647. The van der Waals surface area contributed by atoms with Gasteiger partial charge >= 0.3 is 5.69 Å². The summed E-state index contributed by atoms with van der Waals surface area (Å²) in [6.07, 6.45) is 1.73. The number of anilines is 1. The molecule has 0 aliphatic carbocycles. The fraction of sp³-hybridized carbons (Fsp3) is 0.308. The molecule has 7 nitrogen and oxygen atoms in total. The van der Waals surface area contributed by atoms with Gasteiger partial charge < -0.3 is 10.1 Å². The lowest BCUT2D eigenvalue weighted by molar-refractivity contribution is -0.385. The van der Waals surface area contributed by atoms with Crippen LogP contribution in [0.3, 0.4) is 0 Å². The van der Waals surface area contributed by atoms with E-state index in [1.807, 2.05) is 17.7 Å². The molecule has 0 aliphatic heterocycles. The van der Waals surface area contributed by atoms with E-state index in [9.17, 15) is 10.1 Å². The largest absolute Gasteiger partial charge is 0.490 e. The standard InChI is InChI=1S/C13H16N4O3/c1-3-16-11(6-7-15-16)9-14-10-4-5-13(20-2)12(8-10)17(18)19/h4-8,14H,3,9H2,1-2H3. The van der Waals surface area contributed by atoms with Gasteiger partial charge in [0.05, 0.1) is 24.3 Å². The predicted octanol–water partition coefficient (Wildman–Crippen LogP) is 2.43. The molecule has 1 N–H and O–H groups in total. The van der Waals surface area contributed by atoms with Crippen molar-refractivity contribution in [3.05, 3.63) is 46.3 Å². The van der Waals surface area contributed by atoms with E-state index in [1.165, 1.54) is 13.2 Å². The van der Waals surface area contributed by atoms with Crippen LogP contribution in [0.25, 0.3) is 0 Å². The molecule has 0 unspecified atom stereocenters. The molecule has 0 spiro atoms. The Morgan fingerprint density at radius 1 is 1.45 bits per heavy atom. The van der Waals surface area contributed by atoms with Gasteiger partial charge in [0, 0.05) is 24.5 Å². The topological polar surface area (TPSA) is 82.2 Å². The third kappa shape index (κ3) is 2.87. The number of methoxy groups -OCH3 is 1. The number of nitro benzene ring substituents is 1. The minimum Gasteiger partial charge on any atom is -0.490 e. The number of hydrogen-bond donors (Lipinski definition) is 1. The number of aryl methyl sites for hydroxylation is 1. The van der Waals surface area contributed by atoms with E-state index in [0.717, 1.165) is 12.2 Å². The van der Waals surface area contributed by atoms with Crippen molar-refractivity contribution >= 4 is 11.4 Å². The molecule has 0 amide bonds. The highest BCUT2D eigenvalue weighted by atomic mass is 16.6. The summed E-state index contributed by atoms with van der Waals surface area (Å²) < 4.78 is 6.83. The number of benzene rings is 1. The molecule has 2 rings (SSSR count). The van der Waals surface area contributed by atoms with Crippen LogP contribution in [0.15, 0.2) is 30.5 Å². The minimum atomic E-state index is -0.458. The third-order valence-electron chi connectivity index (χ3n) is 2.95. The van der Waals surface area contributed by atoms with Crippen LogP contribution < -0.4 is 10.1 Å². The molecule has 0 bridgehead atoms. The molecule has 7 heteroatoms. The van der Waals surface area contributed by atoms with Gasteiger partial charge in [0.15, 0.2) is 5.75 Å². The number of hydrogen-bond acceptors (Lipinski definition) is 5. The molecule has 1 aromatic heterocycles. The molecular formula is C13H16N4O3. The zero-order valence-electron chi connectivity index (χ0n) is 11.4. The Morgan fingerprint density at radius 3 is 2.90 bits per heavy atom.